The fourth-order valence-corrected chi connectivity index (χ4v) is 3.04. The van der Waals surface area contributed by atoms with Gasteiger partial charge < -0.3 is 14.5 Å². The summed E-state index contributed by atoms with van der Waals surface area (Å²) in [4.78, 5) is 13.7. The zero-order valence-electron chi connectivity index (χ0n) is 15.3. The summed E-state index contributed by atoms with van der Waals surface area (Å²) in [5.41, 5.74) is 1.88. The van der Waals surface area contributed by atoms with Crippen LogP contribution < -0.4 is 14.5 Å². The highest BCUT2D eigenvalue weighted by Gasteiger charge is 2.20. The molecule has 3 rings (SSSR count). The summed E-state index contributed by atoms with van der Waals surface area (Å²) in [6.45, 7) is 9.57. The lowest BCUT2D eigenvalue weighted by molar-refractivity contribution is 0.386. The van der Waals surface area contributed by atoms with Crippen molar-refractivity contribution < 1.29 is 9.13 Å². The van der Waals surface area contributed by atoms with Crippen molar-refractivity contribution in [3.63, 3.8) is 0 Å². The minimum absolute atomic E-state index is 0.278. The van der Waals surface area contributed by atoms with Gasteiger partial charge in [-0.15, -0.1) is 0 Å². The molecule has 1 fully saturated rings. The Balaban J connectivity index is 1.71. The molecule has 0 bridgehead atoms. The molecule has 134 valence electrons. The Morgan fingerprint density at radius 3 is 2.32 bits per heavy atom. The molecule has 0 saturated carbocycles. The fraction of sp³-hybridized carbons (Fsp3) is 0.474. The third-order valence-electron chi connectivity index (χ3n) is 4.48. The van der Waals surface area contributed by atoms with E-state index in [0.717, 1.165) is 49.2 Å². The number of aryl methyl sites for hydroxylation is 1. The van der Waals surface area contributed by atoms with E-state index >= 15 is 0 Å². The third-order valence-corrected chi connectivity index (χ3v) is 4.48. The highest BCUT2D eigenvalue weighted by molar-refractivity contribution is 5.52. The molecule has 2 heterocycles. The Morgan fingerprint density at radius 2 is 1.72 bits per heavy atom. The lowest BCUT2D eigenvalue weighted by Crippen LogP contribution is -2.47. The predicted molar refractivity (Wildman–Crippen MR) is 98.2 cm³/mol. The number of hydrogen-bond acceptors (Lipinski definition) is 5. The monoisotopic (exact) mass is 344 g/mol. The first-order valence-electron chi connectivity index (χ1n) is 8.67. The minimum atomic E-state index is -0.324. The summed E-state index contributed by atoms with van der Waals surface area (Å²) in [6, 6.07) is 7.16. The van der Waals surface area contributed by atoms with Gasteiger partial charge in [-0.2, -0.15) is 0 Å². The Morgan fingerprint density at radius 1 is 1.04 bits per heavy atom. The Kier molecular flexibility index (Phi) is 5.06. The smallest absolute Gasteiger partial charge is 0.167 e. The first kappa shape index (κ1) is 17.5. The van der Waals surface area contributed by atoms with Gasteiger partial charge in [-0.25, -0.2) is 14.4 Å². The summed E-state index contributed by atoms with van der Waals surface area (Å²) in [5, 5.41) is 0. The zero-order chi connectivity index (χ0) is 18.0. The van der Waals surface area contributed by atoms with E-state index in [1.54, 1.807) is 12.1 Å². The standard InChI is InChI=1S/C19H25FN4O/c1-13(2)19-21-14(3)11-18(22-19)24-9-7-23(8-10-24)15-5-6-17(25-4)16(20)12-15/h5-6,11-13H,7-10H2,1-4H3. The molecule has 1 aliphatic heterocycles. The first-order chi connectivity index (χ1) is 12.0. The molecule has 2 aromatic rings. The second kappa shape index (κ2) is 7.25. The van der Waals surface area contributed by atoms with Gasteiger partial charge in [0, 0.05) is 55.6 Å². The number of anilines is 2. The molecular formula is C19H25FN4O. The molecule has 0 radical (unpaired) electrons. The van der Waals surface area contributed by atoms with Crippen molar-refractivity contribution in [3.05, 3.63) is 41.6 Å². The van der Waals surface area contributed by atoms with Gasteiger partial charge in [0.2, 0.25) is 0 Å². The average molecular weight is 344 g/mol. The van der Waals surface area contributed by atoms with Crippen molar-refractivity contribution in [2.75, 3.05) is 43.1 Å². The second-order valence-corrected chi connectivity index (χ2v) is 6.67. The molecule has 0 amide bonds. The van der Waals surface area contributed by atoms with E-state index in [1.165, 1.54) is 7.11 Å². The molecule has 0 unspecified atom stereocenters. The molecule has 1 saturated heterocycles. The van der Waals surface area contributed by atoms with E-state index in [-0.39, 0.29) is 11.6 Å². The van der Waals surface area contributed by atoms with Crippen LogP contribution in [0.2, 0.25) is 0 Å². The summed E-state index contributed by atoms with van der Waals surface area (Å²) >= 11 is 0. The Labute approximate surface area is 148 Å². The number of methoxy groups -OCH3 is 1. The maximum absolute atomic E-state index is 13.9. The van der Waals surface area contributed by atoms with Crippen molar-refractivity contribution >= 4 is 11.5 Å². The number of hydrogen-bond donors (Lipinski definition) is 0. The summed E-state index contributed by atoms with van der Waals surface area (Å²) in [6.07, 6.45) is 0. The molecular weight excluding hydrogens is 319 g/mol. The van der Waals surface area contributed by atoms with Crippen molar-refractivity contribution in [1.29, 1.82) is 0 Å². The van der Waals surface area contributed by atoms with Crippen LogP contribution in [0.3, 0.4) is 0 Å². The molecule has 1 aliphatic rings. The largest absolute Gasteiger partial charge is 0.494 e. The lowest BCUT2D eigenvalue weighted by atomic mass is 10.2. The maximum Gasteiger partial charge on any atom is 0.167 e. The SMILES string of the molecule is COc1ccc(N2CCN(c3cc(C)nc(C(C)C)n3)CC2)cc1F. The molecule has 1 aromatic carbocycles. The Hall–Kier alpha value is -2.37. The van der Waals surface area contributed by atoms with Crippen molar-refractivity contribution in [2.24, 2.45) is 0 Å². The van der Waals surface area contributed by atoms with Crippen LogP contribution in [0.1, 0.15) is 31.3 Å². The number of nitrogens with zero attached hydrogens (tertiary/aromatic N) is 4. The quantitative estimate of drug-likeness (QED) is 0.850. The summed E-state index contributed by atoms with van der Waals surface area (Å²) in [7, 11) is 1.48. The topological polar surface area (TPSA) is 41.5 Å². The van der Waals surface area contributed by atoms with Crippen molar-refractivity contribution in [1.82, 2.24) is 9.97 Å². The van der Waals surface area contributed by atoms with Crippen LogP contribution in [0.25, 0.3) is 0 Å². The lowest BCUT2D eigenvalue weighted by Gasteiger charge is -2.37. The molecule has 1 aromatic heterocycles. The fourth-order valence-electron chi connectivity index (χ4n) is 3.04. The van der Waals surface area contributed by atoms with Crippen molar-refractivity contribution in [3.8, 4) is 5.75 Å². The van der Waals surface area contributed by atoms with Gasteiger partial charge in [-0.1, -0.05) is 13.8 Å². The van der Waals surface area contributed by atoms with E-state index in [0.29, 0.717) is 5.92 Å². The van der Waals surface area contributed by atoms with E-state index in [2.05, 4.69) is 28.6 Å². The number of rotatable bonds is 4. The number of piperazine rings is 1. The van der Waals surface area contributed by atoms with E-state index in [9.17, 15) is 4.39 Å². The maximum atomic E-state index is 13.9. The van der Waals surface area contributed by atoms with E-state index in [4.69, 9.17) is 9.72 Å². The van der Waals surface area contributed by atoms with Crippen LogP contribution in [-0.2, 0) is 0 Å². The normalized spacial score (nSPS) is 15.0. The van der Waals surface area contributed by atoms with E-state index in [1.807, 2.05) is 19.1 Å². The molecule has 0 atom stereocenters. The number of aromatic nitrogens is 2. The van der Waals surface area contributed by atoms with Crippen LogP contribution in [0.4, 0.5) is 15.9 Å². The van der Waals surface area contributed by atoms with Crippen LogP contribution >= 0.6 is 0 Å². The number of halogens is 1. The first-order valence-corrected chi connectivity index (χ1v) is 8.67. The van der Waals surface area contributed by atoms with Gasteiger partial charge in [-0.05, 0) is 19.1 Å². The second-order valence-electron chi connectivity index (χ2n) is 6.67. The van der Waals surface area contributed by atoms with Crippen LogP contribution in [-0.4, -0.2) is 43.3 Å². The molecule has 0 spiro atoms. The minimum Gasteiger partial charge on any atom is -0.494 e. The van der Waals surface area contributed by atoms with E-state index < -0.39 is 0 Å². The van der Waals surface area contributed by atoms with Gasteiger partial charge in [0.25, 0.3) is 0 Å². The Bertz CT molecular complexity index is 742. The van der Waals surface area contributed by atoms with Gasteiger partial charge >= 0.3 is 0 Å². The number of benzene rings is 1. The van der Waals surface area contributed by atoms with Gasteiger partial charge in [0.1, 0.15) is 11.6 Å². The van der Waals surface area contributed by atoms with Crippen molar-refractivity contribution in [2.45, 2.75) is 26.7 Å². The third kappa shape index (κ3) is 3.83. The van der Waals surface area contributed by atoms with Gasteiger partial charge in [-0.3, -0.25) is 0 Å². The average Bonchev–Trinajstić information content (AvgIpc) is 2.61. The van der Waals surface area contributed by atoms with Crippen LogP contribution in [0.15, 0.2) is 24.3 Å². The zero-order valence-corrected chi connectivity index (χ0v) is 15.3. The molecule has 0 aliphatic carbocycles. The molecule has 5 nitrogen and oxygen atoms in total. The predicted octanol–water partition coefficient (Wildman–Crippen LogP) is 3.38. The van der Waals surface area contributed by atoms with Crippen LogP contribution in [0, 0.1) is 12.7 Å². The molecule has 0 N–H and O–H groups in total. The molecule has 25 heavy (non-hydrogen) atoms. The van der Waals surface area contributed by atoms with Crippen LogP contribution in [0.5, 0.6) is 5.75 Å². The highest BCUT2D eigenvalue weighted by Crippen LogP contribution is 2.25. The highest BCUT2D eigenvalue weighted by atomic mass is 19.1. The van der Waals surface area contributed by atoms with Gasteiger partial charge in [0.05, 0.1) is 7.11 Å². The summed E-state index contributed by atoms with van der Waals surface area (Å²) in [5.74, 6) is 2.13. The summed E-state index contributed by atoms with van der Waals surface area (Å²) < 4.78 is 18.9. The molecule has 6 heteroatoms. The van der Waals surface area contributed by atoms with Gasteiger partial charge in [0.15, 0.2) is 11.6 Å². The number of ether oxygens (including phenoxy) is 1.